The summed E-state index contributed by atoms with van der Waals surface area (Å²) in [5.74, 6) is 1.66. The monoisotopic (exact) mass is 763 g/mol. The zero-order valence-corrected chi connectivity index (χ0v) is 32.7. The van der Waals surface area contributed by atoms with Gasteiger partial charge < -0.3 is 14.0 Å². The summed E-state index contributed by atoms with van der Waals surface area (Å²) in [7, 11) is 2.11. The van der Waals surface area contributed by atoms with E-state index in [0.29, 0.717) is 0 Å². The van der Waals surface area contributed by atoms with Gasteiger partial charge in [0, 0.05) is 65.7 Å². The summed E-state index contributed by atoms with van der Waals surface area (Å²) in [6.45, 7) is 0. The Bertz CT molecular complexity index is 3460. The van der Waals surface area contributed by atoms with Crippen LogP contribution in [0.1, 0.15) is 35.7 Å². The number of para-hydroxylation sites is 3. The summed E-state index contributed by atoms with van der Waals surface area (Å²) < 4.78 is 7.44. The summed E-state index contributed by atoms with van der Waals surface area (Å²) in [5, 5.41) is 7.54. The standard InChI is InChI=1S/C52H37N5S/c1-55-51(33-17-5-2-6-18-33)53-50(54-52(55)34-19-7-3-8-20-34)43-30-36(29-42-39-25-13-16-28-48(39)58-49(42)43)57-45-27-15-12-24-38(45)41-31-40-37-23-11-14-26-44(37)56(46(40)32-47(41)57)35-21-9-4-10-22-35/h2-12,14-15,17-32,51H,13,16H2,1H3. The third-order valence-corrected chi connectivity index (χ3v) is 13.2. The smallest absolute Gasteiger partial charge is 0.160 e. The second-order valence-corrected chi connectivity index (χ2v) is 16.4. The normalized spacial score (nSPS) is 15.5. The number of rotatable bonds is 5. The molecule has 3 aromatic heterocycles. The van der Waals surface area contributed by atoms with Crippen molar-refractivity contribution in [1.29, 1.82) is 0 Å². The Balaban J connectivity index is 1.18. The molecule has 6 heteroatoms. The Hall–Kier alpha value is -7.02. The van der Waals surface area contributed by atoms with E-state index in [1.54, 1.807) is 0 Å². The number of hydrogen-bond acceptors (Lipinski definition) is 4. The van der Waals surface area contributed by atoms with Crippen LogP contribution >= 0.6 is 11.3 Å². The molecule has 0 bridgehead atoms. The van der Waals surface area contributed by atoms with Crippen molar-refractivity contribution in [2.24, 2.45) is 9.98 Å². The molecule has 1 atom stereocenters. The van der Waals surface area contributed by atoms with Crippen molar-refractivity contribution in [3.8, 4) is 11.4 Å². The van der Waals surface area contributed by atoms with E-state index in [4.69, 9.17) is 9.98 Å². The van der Waals surface area contributed by atoms with E-state index in [-0.39, 0.29) is 6.17 Å². The van der Waals surface area contributed by atoms with Crippen molar-refractivity contribution in [3.63, 3.8) is 0 Å². The maximum Gasteiger partial charge on any atom is 0.160 e. The minimum absolute atomic E-state index is 0.239. The van der Waals surface area contributed by atoms with Crippen LogP contribution in [0.3, 0.4) is 0 Å². The molecule has 276 valence electrons. The molecule has 0 radical (unpaired) electrons. The van der Waals surface area contributed by atoms with Crippen LogP contribution < -0.4 is 9.75 Å². The van der Waals surface area contributed by atoms with Crippen LogP contribution in [0.4, 0.5) is 0 Å². The highest BCUT2D eigenvalue weighted by molar-refractivity contribution is 7.17. The van der Waals surface area contributed by atoms with Gasteiger partial charge >= 0.3 is 0 Å². The van der Waals surface area contributed by atoms with Gasteiger partial charge in [-0.3, -0.25) is 0 Å². The van der Waals surface area contributed by atoms with Crippen molar-refractivity contribution in [1.82, 2.24) is 14.0 Å². The van der Waals surface area contributed by atoms with Crippen molar-refractivity contribution >= 4 is 88.9 Å². The molecule has 12 rings (SSSR count). The predicted molar refractivity (Wildman–Crippen MR) is 244 cm³/mol. The highest BCUT2D eigenvalue weighted by Crippen LogP contribution is 2.41. The molecule has 0 saturated heterocycles. The number of hydrogen-bond donors (Lipinski definition) is 0. The molecule has 0 N–H and O–H groups in total. The quantitative estimate of drug-likeness (QED) is 0.172. The van der Waals surface area contributed by atoms with Crippen molar-refractivity contribution < 1.29 is 0 Å². The van der Waals surface area contributed by atoms with Gasteiger partial charge in [-0.2, -0.15) is 0 Å². The molecular formula is C52H37N5S. The van der Waals surface area contributed by atoms with E-state index in [1.807, 2.05) is 11.3 Å². The third kappa shape index (κ3) is 5.01. The molecule has 1 aliphatic carbocycles. The lowest BCUT2D eigenvalue weighted by atomic mass is 10.0. The van der Waals surface area contributed by atoms with Crippen LogP contribution in [0.15, 0.2) is 174 Å². The SMILES string of the molecule is CN1C(c2ccccc2)=NC(c2cc(-n3c4ccccc4c4cc5c6ccccc6n(-c6ccccc6)c5cc43)cc3c4c(sc23)=CCCC=4)=NC1c1ccccc1. The van der Waals surface area contributed by atoms with E-state index in [0.717, 1.165) is 52.6 Å². The largest absolute Gasteiger partial charge is 0.333 e. The van der Waals surface area contributed by atoms with E-state index in [2.05, 4.69) is 197 Å². The van der Waals surface area contributed by atoms with Crippen molar-refractivity contribution in [2.75, 3.05) is 7.05 Å². The molecule has 4 heterocycles. The Kier molecular flexibility index (Phi) is 7.44. The summed E-state index contributed by atoms with van der Waals surface area (Å²) in [4.78, 5) is 13.2. The van der Waals surface area contributed by atoms with Gasteiger partial charge in [0.15, 0.2) is 5.84 Å². The van der Waals surface area contributed by atoms with E-state index in [1.165, 1.54) is 63.4 Å². The van der Waals surface area contributed by atoms with Crippen LogP contribution in [0.5, 0.6) is 0 Å². The summed E-state index contributed by atoms with van der Waals surface area (Å²) >= 11 is 1.87. The average Bonchev–Trinajstić information content (AvgIpc) is 3.93. The minimum atomic E-state index is -0.239. The predicted octanol–water partition coefficient (Wildman–Crippen LogP) is 11.3. The second-order valence-electron chi connectivity index (χ2n) is 15.3. The van der Waals surface area contributed by atoms with Gasteiger partial charge in [0.25, 0.3) is 0 Å². The summed E-state index contributed by atoms with van der Waals surface area (Å²) in [6, 6.07) is 59.1. The molecule has 1 aliphatic heterocycles. The Morgan fingerprint density at radius 2 is 1.14 bits per heavy atom. The molecule has 0 amide bonds. The Morgan fingerprint density at radius 1 is 0.534 bits per heavy atom. The lowest BCUT2D eigenvalue weighted by Crippen LogP contribution is -2.35. The molecule has 7 aromatic carbocycles. The molecular weight excluding hydrogens is 727 g/mol. The zero-order chi connectivity index (χ0) is 38.3. The highest BCUT2D eigenvalue weighted by atomic mass is 32.1. The van der Waals surface area contributed by atoms with Crippen molar-refractivity contribution in [2.45, 2.75) is 19.0 Å². The molecule has 0 fully saturated rings. The maximum atomic E-state index is 5.52. The first-order valence-corrected chi connectivity index (χ1v) is 20.8. The van der Waals surface area contributed by atoms with E-state index in [9.17, 15) is 0 Å². The molecule has 10 aromatic rings. The molecule has 0 saturated carbocycles. The first-order valence-electron chi connectivity index (χ1n) is 20.0. The fourth-order valence-corrected chi connectivity index (χ4v) is 10.6. The number of nitrogens with zero attached hydrogens (tertiary/aromatic N) is 5. The zero-order valence-electron chi connectivity index (χ0n) is 31.9. The number of thiophene rings is 1. The first-order chi connectivity index (χ1) is 28.7. The van der Waals surface area contributed by atoms with E-state index >= 15 is 0 Å². The maximum absolute atomic E-state index is 5.52. The number of aromatic nitrogens is 2. The Morgan fingerprint density at radius 3 is 1.84 bits per heavy atom. The van der Waals surface area contributed by atoms with E-state index < -0.39 is 0 Å². The third-order valence-electron chi connectivity index (χ3n) is 12.0. The number of fused-ring (bicyclic) bond motifs is 9. The van der Waals surface area contributed by atoms with Crippen molar-refractivity contribution in [3.05, 3.63) is 190 Å². The van der Waals surface area contributed by atoms with Crippen LogP contribution in [0, 0.1) is 0 Å². The van der Waals surface area contributed by atoms with Gasteiger partial charge in [-0.05, 0) is 72.2 Å². The summed E-state index contributed by atoms with van der Waals surface area (Å²) in [5.41, 5.74) is 10.2. The van der Waals surface area contributed by atoms with Crippen LogP contribution in [0.2, 0.25) is 0 Å². The lowest BCUT2D eigenvalue weighted by Gasteiger charge is -2.32. The van der Waals surface area contributed by atoms with Gasteiger partial charge in [0.05, 0.1) is 22.1 Å². The fraction of sp³-hybridized carbons (Fsp3) is 0.0769. The number of benzene rings is 7. The van der Waals surface area contributed by atoms with Gasteiger partial charge in [-0.15, -0.1) is 11.3 Å². The molecule has 2 aliphatic rings. The first kappa shape index (κ1) is 33.2. The van der Waals surface area contributed by atoms with Gasteiger partial charge in [-0.1, -0.05) is 127 Å². The van der Waals surface area contributed by atoms with Crippen LogP contribution in [-0.4, -0.2) is 32.8 Å². The molecule has 58 heavy (non-hydrogen) atoms. The van der Waals surface area contributed by atoms with Gasteiger partial charge in [-0.25, -0.2) is 9.98 Å². The Labute approximate surface area is 339 Å². The molecule has 5 nitrogen and oxygen atoms in total. The van der Waals surface area contributed by atoms with Gasteiger partial charge in [0.1, 0.15) is 12.0 Å². The number of aliphatic imine (C=N–C) groups is 2. The fourth-order valence-electron chi connectivity index (χ4n) is 9.32. The van der Waals surface area contributed by atoms with Crippen LogP contribution in [0.25, 0.3) is 77.2 Å². The molecule has 0 spiro atoms. The molecule has 1 unspecified atom stereocenters. The summed E-state index contributed by atoms with van der Waals surface area (Å²) in [6.07, 6.45) is 6.69. The average molecular weight is 764 g/mol. The number of amidine groups is 2. The topological polar surface area (TPSA) is 37.8 Å². The lowest BCUT2D eigenvalue weighted by molar-refractivity contribution is 0.383. The second kappa shape index (κ2) is 13.0. The highest BCUT2D eigenvalue weighted by Gasteiger charge is 2.29. The van der Waals surface area contributed by atoms with Gasteiger partial charge in [0.2, 0.25) is 0 Å². The van der Waals surface area contributed by atoms with Crippen LogP contribution in [-0.2, 0) is 0 Å². The minimum Gasteiger partial charge on any atom is -0.333 e.